The lowest BCUT2D eigenvalue weighted by Gasteiger charge is -1.61. The minimum absolute atomic E-state index is 0.103. The molecular formula is C13H8O. The molecule has 1 heterocycles. The van der Waals surface area contributed by atoms with Crippen molar-refractivity contribution in [3.05, 3.63) is 12.2 Å². The first-order chi connectivity index (χ1) is 6.93. The van der Waals surface area contributed by atoms with Gasteiger partial charge < -0.3 is 4.74 Å². The number of hydrogen-bond donors (Lipinski definition) is 0. The first kappa shape index (κ1) is 10.0. The average Bonchev–Trinajstić information content (AvgIpc) is 2.99. The van der Waals surface area contributed by atoms with Crippen molar-refractivity contribution in [1.29, 1.82) is 0 Å². The summed E-state index contributed by atoms with van der Waals surface area (Å²) < 4.78 is 4.87. The van der Waals surface area contributed by atoms with Gasteiger partial charge in [-0.15, -0.1) is 0 Å². The van der Waals surface area contributed by atoms with Gasteiger partial charge in [-0.1, -0.05) is 17.9 Å². The van der Waals surface area contributed by atoms with E-state index in [2.05, 4.69) is 47.4 Å². The highest BCUT2D eigenvalue weighted by Crippen LogP contribution is 2.04. The number of ether oxygens (including phenoxy) is 1. The summed E-state index contributed by atoms with van der Waals surface area (Å²) in [4.78, 5) is 0. The SMILES string of the molecule is CC=CC#CC#CC#CC#CC1CO1. The number of rotatable bonds is 0. The van der Waals surface area contributed by atoms with Gasteiger partial charge >= 0.3 is 0 Å². The van der Waals surface area contributed by atoms with Gasteiger partial charge in [0.05, 0.1) is 6.61 Å². The van der Waals surface area contributed by atoms with Gasteiger partial charge in [0, 0.05) is 0 Å². The van der Waals surface area contributed by atoms with Crippen LogP contribution < -0.4 is 0 Å². The summed E-state index contributed by atoms with van der Waals surface area (Å²) in [5.74, 6) is 21.1. The van der Waals surface area contributed by atoms with Crippen LogP contribution >= 0.6 is 0 Å². The van der Waals surface area contributed by atoms with Crippen LogP contribution in [0.15, 0.2) is 12.2 Å². The fraction of sp³-hybridized carbons (Fsp3) is 0.231. The largest absolute Gasteiger partial charge is 0.359 e. The molecule has 1 heteroatoms. The van der Waals surface area contributed by atoms with E-state index < -0.39 is 0 Å². The van der Waals surface area contributed by atoms with Gasteiger partial charge in [-0.25, -0.2) is 0 Å². The molecule has 0 amide bonds. The third kappa shape index (κ3) is 5.57. The number of allylic oxidation sites excluding steroid dienone is 2. The lowest BCUT2D eigenvalue weighted by Crippen LogP contribution is -1.71. The van der Waals surface area contributed by atoms with E-state index in [4.69, 9.17) is 4.74 Å². The Kier molecular flexibility index (Phi) is 4.62. The van der Waals surface area contributed by atoms with Crippen molar-refractivity contribution in [2.75, 3.05) is 6.61 Å². The van der Waals surface area contributed by atoms with Crippen molar-refractivity contribution in [2.45, 2.75) is 13.0 Å². The summed E-state index contributed by atoms with van der Waals surface area (Å²) in [5.41, 5.74) is 0. The Bertz CT molecular complexity index is 448. The van der Waals surface area contributed by atoms with Gasteiger partial charge in [0.15, 0.2) is 0 Å². The van der Waals surface area contributed by atoms with Gasteiger partial charge in [-0.05, 0) is 48.5 Å². The smallest absolute Gasteiger partial charge is 0.142 e. The van der Waals surface area contributed by atoms with E-state index in [-0.39, 0.29) is 6.10 Å². The minimum atomic E-state index is 0.103. The maximum atomic E-state index is 4.87. The zero-order chi connectivity index (χ0) is 10.1. The molecule has 0 N–H and O–H groups in total. The lowest BCUT2D eigenvalue weighted by atomic mass is 10.4. The van der Waals surface area contributed by atoms with Crippen LogP contribution in [0.25, 0.3) is 0 Å². The Morgan fingerprint density at radius 2 is 1.71 bits per heavy atom. The van der Waals surface area contributed by atoms with E-state index in [0.717, 1.165) is 6.61 Å². The molecule has 0 spiro atoms. The monoisotopic (exact) mass is 180 g/mol. The standard InChI is InChI=1S/C13H8O/c1-2-3-4-5-6-7-8-9-10-11-13-12-14-13/h2-3,13H,12H2,1H3. The first-order valence-corrected chi connectivity index (χ1v) is 4.17. The van der Waals surface area contributed by atoms with Crippen molar-refractivity contribution < 1.29 is 4.74 Å². The summed E-state index contributed by atoms with van der Waals surface area (Å²) in [6.45, 7) is 2.63. The highest BCUT2D eigenvalue weighted by atomic mass is 16.6. The Hall–Kier alpha value is -2.06. The van der Waals surface area contributed by atoms with Crippen molar-refractivity contribution in [2.24, 2.45) is 0 Å². The molecule has 1 atom stereocenters. The number of epoxide rings is 1. The molecular weight excluding hydrogens is 172 g/mol. The topological polar surface area (TPSA) is 12.5 Å². The fourth-order valence-electron chi connectivity index (χ4n) is 0.534. The summed E-state index contributed by atoms with van der Waals surface area (Å²) >= 11 is 0. The second-order valence-electron chi connectivity index (χ2n) is 2.36. The van der Waals surface area contributed by atoms with E-state index in [1.807, 2.05) is 13.0 Å². The zero-order valence-corrected chi connectivity index (χ0v) is 7.85. The predicted molar refractivity (Wildman–Crippen MR) is 55.7 cm³/mol. The summed E-state index contributed by atoms with van der Waals surface area (Å²) in [6, 6.07) is 0. The lowest BCUT2D eigenvalue weighted by molar-refractivity contribution is 0.445. The third-order valence-corrected chi connectivity index (χ3v) is 1.20. The normalized spacial score (nSPS) is 15.9. The molecule has 66 valence electrons. The summed E-state index contributed by atoms with van der Waals surface area (Å²) in [7, 11) is 0. The first-order valence-electron chi connectivity index (χ1n) is 4.17. The van der Waals surface area contributed by atoms with E-state index in [0.29, 0.717) is 0 Å². The average molecular weight is 180 g/mol. The summed E-state index contributed by atoms with van der Waals surface area (Å²) in [6.07, 6.45) is 3.68. The quantitative estimate of drug-likeness (QED) is 0.400. The van der Waals surface area contributed by atoms with Gasteiger partial charge in [0.2, 0.25) is 0 Å². The molecule has 0 aromatic heterocycles. The fourth-order valence-corrected chi connectivity index (χ4v) is 0.534. The van der Waals surface area contributed by atoms with Crippen LogP contribution in [0, 0.1) is 47.4 Å². The molecule has 1 fully saturated rings. The maximum Gasteiger partial charge on any atom is 0.142 e. The molecule has 0 aromatic carbocycles. The van der Waals surface area contributed by atoms with Crippen LogP contribution in [0.3, 0.4) is 0 Å². The van der Waals surface area contributed by atoms with Crippen LogP contribution in [0.2, 0.25) is 0 Å². The van der Waals surface area contributed by atoms with E-state index in [1.54, 1.807) is 6.08 Å². The molecule has 1 nitrogen and oxygen atoms in total. The van der Waals surface area contributed by atoms with Crippen LogP contribution in [-0.4, -0.2) is 12.7 Å². The van der Waals surface area contributed by atoms with Crippen LogP contribution in [0.5, 0.6) is 0 Å². The molecule has 0 bridgehead atoms. The second kappa shape index (κ2) is 6.46. The van der Waals surface area contributed by atoms with Crippen LogP contribution in [0.1, 0.15) is 6.92 Å². The minimum Gasteiger partial charge on any atom is -0.359 e. The zero-order valence-electron chi connectivity index (χ0n) is 7.85. The molecule has 1 saturated heterocycles. The molecule has 14 heavy (non-hydrogen) atoms. The Morgan fingerprint density at radius 1 is 1.07 bits per heavy atom. The maximum absolute atomic E-state index is 4.87. The molecule has 1 aliphatic heterocycles. The molecule has 1 rings (SSSR count). The molecule has 1 aliphatic rings. The summed E-state index contributed by atoms with van der Waals surface area (Å²) in [5, 5.41) is 0. The Balaban J connectivity index is 2.31. The Morgan fingerprint density at radius 3 is 2.36 bits per heavy atom. The third-order valence-electron chi connectivity index (χ3n) is 1.20. The molecule has 0 saturated carbocycles. The highest BCUT2D eigenvalue weighted by Gasteiger charge is 2.18. The van der Waals surface area contributed by atoms with Crippen molar-refractivity contribution >= 4 is 0 Å². The second-order valence-corrected chi connectivity index (χ2v) is 2.36. The van der Waals surface area contributed by atoms with Gasteiger partial charge in [-0.2, -0.15) is 0 Å². The van der Waals surface area contributed by atoms with Gasteiger partial charge in [0.1, 0.15) is 6.10 Å². The Labute approximate surface area is 84.5 Å². The molecule has 0 aliphatic carbocycles. The van der Waals surface area contributed by atoms with Crippen molar-refractivity contribution in [3.8, 4) is 47.4 Å². The van der Waals surface area contributed by atoms with E-state index in [1.165, 1.54) is 0 Å². The van der Waals surface area contributed by atoms with Crippen molar-refractivity contribution in [3.63, 3.8) is 0 Å². The molecule has 0 radical (unpaired) electrons. The predicted octanol–water partition coefficient (Wildman–Crippen LogP) is 0.975. The molecule has 1 unspecified atom stereocenters. The highest BCUT2D eigenvalue weighted by molar-refractivity contribution is 5.41. The van der Waals surface area contributed by atoms with E-state index >= 15 is 0 Å². The van der Waals surface area contributed by atoms with Crippen LogP contribution in [0.4, 0.5) is 0 Å². The van der Waals surface area contributed by atoms with Gasteiger partial charge in [-0.3, -0.25) is 0 Å². The van der Waals surface area contributed by atoms with Crippen LogP contribution in [-0.2, 0) is 4.74 Å². The van der Waals surface area contributed by atoms with Gasteiger partial charge in [0.25, 0.3) is 0 Å². The molecule has 0 aromatic rings. The van der Waals surface area contributed by atoms with Crippen molar-refractivity contribution in [1.82, 2.24) is 0 Å². The number of hydrogen-bond acceptors (Lipinski definition) is 1. The van der Waals surface area contributed by atoms with E-state index in [9.17, 15) is 0 Å².